The van der Waals surface area contributed by atoms with Crippen LogP contribution in [0.15, 0.2) is 17.0 Å². The smallest absolute Gasteiger partial charge is 0.243 e. The Labute approximate surface area is 116 Å². The van der Waals surface area contributed by atoms with Crippen molar-refractivity contribution in [2.75, 3.05) is 0 Å². The molecule has 0 atom stereocenters. The van der Waals surface area contributed by atoms with Gasteiger partial charge in [-0.05, 0) is 30.9 Å². The van der Waals surface area contributed by atoms with Gasteiger partial charge >= 0.3 is 0 Å². The first kappa shape index (κ1) is 14.7. The minimum atomic E-state index is -3.95. The number of benzene rings is 1. The topological polar surface area (TPSA) is 66.4 Å². The molecule has 0 radical (unpaired) electrons. The highest BCUT2D eigenvalue weighted by molar-refractivity contribution is 7.89. The normalized spacial score (nSPS) is 23.2. The molecular formula is C12H15ClFNO3S. The lowest BCUT2D eigenvalue weighted by molar-refractivity contribution is 0.269. The van der Waals surface area contributed by atoms with Crippen molar-refractivity contribution in [3.05, 3.63) is 28.5 Å². The molecule has 106 valence electrons. The molecule has 0 unspecified atom stereocenters. The first-order chi connectivity index (χ1) is 8.83. The van der Waals surface area contributed by atoms with E-state index >= 15 is 0 Å². The predicted molar refractivity (Wildman–Crippen MR) is 69.8 cm³/mol. The summed E-state index contributed by atoms with van der Waals surface area (Å²) in [5, 5.41) is 9.07. The third-order valence-electron chi connectivity index (χ3n) is 3.23. The fraction of sp³-hybridized carbons (Fsp3) is 0.500. The SMILES string of the molecule is CC1CC(NS(=O)(=O)c2cc(Cl)cc(CO)c2F)C1. The van der Waals surface area contributed by atoms with Crippen LogP contribution in [0.3, 0.4) is 0 Å². The van der Waals surface area contributed by atoms with Crippen LogP contribution < -0.4 is 4.72 Å². The van der Waals surface area contributed by atoms with Crippen LogP contribution in [0.5, 0.6) is 0 Å². The second-order valence-corrected chi connectivity index (χ2v) is 7.05. The second kappa shape index (κ2) is 5.36. The van der Waals surface area contributed by atoms with Crippen molar-refractivity contribution in [3.63, 3.8) is 0 Å². The third kappa shape index (κ3) is 3.08. The molecule has 1 aromatic carbocycles. The zero-order valence-corrected chi connectivity index (χ0v) is 11.9. The van der Waals surface area contributed by atoms with E-state index in [9.17, 15) is 12.8 Å². The molecule has 0 spiro atoms. The minimum absolute atomic E-state index is 0.0767. The Bertz CT molecular complexity index is 585. The maximum absolute atomic E-state index is 14.0. The van der Waals surface area contributed by atoms with Gasteiger partial charge in [0.2, 0.25) is 10.0 Å². The lowest BCUT2D eigenvalue weighted by Crippen LogP contribution is -2.43. The largest absolute Gasteiger partial charge is 0.392 e. The van der Waals surface area contributed by atoms with Gasteiger partial charge in [0, 0.05) is 16.6 Å². The molecule has 19 heavy (non-hydrogen) atoms. The van der Waals surface area contributed by atoms with Gasteiger partial charge < -0.3 is 5.11 Å². The number of sulfonamides is 1. The van der Waals surface area contributed by atoms with E-state index in [0.29, 0.717) is 5.92 Å². The number of aliphatic hydroxyl groups excluding tert-OH is 1. The molecule has 1 aromatic rings. The van der Waals surface area contributed by atoms with Crippen LogP contribution in [0.25, 0.3) is 0 Å². The van der Waals surface area contributed by atoms with Gasteiger partial charge in [-0.3, -0.25) is 0 Å². The Morgan fingerprint density at radius 2 is 2.11 bits per heavy atom. The van der Waals surface area contributed by atoms with Gasteiger partial charge in [-0.25, -0.2) is 17.5 Å². The molecule has 0 aromatic heterocycles. The standard InChI is InChI=1S/C12H15ClFNO3S/c1-7-2-10(3-7)15-19(17,18)11-5-9(13)4-8(6-16)12(11)14/h4-5,7,10,15-16H,2-3,6H2,1H3. The Hall–Kier alpha value is -0.690. The second-order valence-electron chi connectivity index (χ2n) is 4.93. The average Bonchev–Trinajstić information content (AvgIpc) is 2.29. The quantitative estimate of drug-likeness (QED) is 0.894. The van der Waals surface area contributed by atoms with Gasteiger partial charge in [-0.2, -0.15) is 0 Å². The van der Waals surface area contributed by atoms with Crippen molar-refractivity contribution in [3.8, 4) is 0 Å². The minimum Gasteiger partial charge on any atom is -0.392 e. The van der Waals surface area contributed by atoms with Crippen LogP contribution >= 0.6 is 11.6 Å². The lowest BCUT2D eigenvalue weighted by atomic mass is 9.83. The summed E-state index contributed by atoms with van der Waals surface area (Å²) in [6, 6.07) is 2.11. The Morgan fingerprint density at radius 3 is 2.63 bits per heavy atom. The van der Waals surface area contributed by atoms with E-state index in [1.807, 2.05) is 6.92 Å². The Balaban J connectivity index is 2.32. The molecule has 4 nitrogen and oxygen atoms in total. The maximum Gasteiger partial charge on any atom is 0.243 e. The monoisotopic (exact) mass is 307 g/mol. The zero-order valence-electron chi connectivity index (χ0n) is 10.4. The van der Waals surface area contributed by atoms with Crippen LogP contribution in [0, 0.1) is 11.7 Å². The van der Waals surface area contributed by atoms with Crippen LogP contribution in [0.4, 0.5) is 4.39 Å². The van der Waals surface area contributed by atoms with Crippen molar-refractivity contribution in [1.82, 2.24) is 4.72 Å². The number of hydrogen-bond donors (Lipinski definition) is 2. The van der Waals surface area contributed by atoms with Gasteiger partial charge in [-0.15, -0.1) is 0 Å². The highest BCUT2D eigenvalue weighted by atomic mass is 35.5. The first-order valence-corrected chi connectivity index (χ1v) is 7.80. The molecule has 0 saturated heterocycles. The summed E-state index contributed by atoms with van der Waals surface area (Å²) in [7, 11) is -3.95. The van der Waals surface area contributed by atoms with Crippen LogP contribution in [0.1, 0.15) is 25.3 Å². The summed E-state index contributed by atoms with van der Waals surface area (Å²) >= 11 is 5.74. The molecule has 1 saturated carbocycles. The molecular weight excluding hydrogens is 293 g/mol. The van der Waals surface area contributed by atoms with Gasteiger partial charge in [0.1, 0.15) is 10.7 Å². The number of hydrogen-bond acceptors (Lipinski definition) is 3. The van der Waals surface area contributed by atoms with E-state index in [1.54, 1.807) is 0 Å². The van der Waals surface area contributed by atoms with Gasteiger partial charge in [-0.1, -0.05) is 18.5 Å². The van der Waals surface area contributed by atoms with E-state index in [4.69, 9.17) is 16.7 Å². The summed E-state index contributed by atoms with van der Waals surface area (Å²) in [5.74, 6) is -0.475. The van der Waals surface area contributed by atoms with Crippen molar-refractivity contribution in [2.24, 2.45) is 5.92 Å². The van der Waals surface area contributed by atoms with Crippen molar-refractivity contribution >= 4 is 21.6 Å². The highest BCUT2D eigenvalue weighted by Crippen LogP contribution is 2.29. The van der Waals surface area contributed by atoms with Crippen LogP contribution in [0.2, 0.25) is 5.02 Å². The molecule has 2 rings (SSSR count). The van der Waals surface area contributed by atoms with E-state index < -0.39 is 27.3 Å². The maximum atomic E-state index is 14.0. The molecule has 2 N–H and O–H groups in total. The van der Waals surface area contributed by atoms with Crippen molar-refractivity contribution < 1.29 is 17.9 Å². The summed E-state index contributed by atoms with van der Waals surface area (Å²) in [5.41, 5.74) is -0.130. The fourth-order valence-corrected chi connectivity index (χ4v) is 3.92. The molecule has 1 fully saturated rings. The van der Waals surface area contributed by atoms with E-state index in [-0.39, 0.29) is 16.6 Å². The number of aliphatic hydroxyl groups is 1. The van der Waals surface area contributed by atoms with Gasteiger partial charge in [0.15, 0.2) is 0 Å². The zero-order chi connectivity index (χ0) is 14.2. The highest BCUT2D eigenvalue weighted by Gasteiger charge is 2.31. The lowest BCUT2D eigenvalue weighted by Gasteiger charge is -2.32. The van der Waals surface area contributed by atoms with E-state index in [0.717, 1.165) is 18.9 Å². The van der Waals surface area contributed by atoms with Crippen molar-refractivity contribution in [1.29, 1.82) is 0 Å². The fourth-order valence-electron chi connectivity index (χ4n) is 2.21. The third-order valence-corrected chi connectivity index (χ3v) is 4.97. The van der Waals surface area contributed by atoms with E-state index in [1.165, 1.54) is 6.07 Å². The summed E-state index contributed by atoms with van der Waals surface area (Å²) in [4.78, 5) is -0.511. The number of rotatable bonds is 4. The van der Waals surface area contributed by atoms with Crippen LogP contribution in [-0.4, -0.2) is 19.6 Å². The molecule has 0 amide bonds. The van der Waals surface area contributed by atoms with Gasteiger partial charge in [0.05, 0.1) is 6.61 Å². The summed E-state index contributed by atoms with van der Waals surface area (Å²) < 4.78 is 40.6. The van der Waals surface area contributed by atoms with Crippen molar-refractivity contribution in [2.45, 2.75) is 37.3 Å². The molecule has 0 aliphatic heterocycles. The Kier molecular flexibility index (Phi) is 4.15. The Morgan fingerprint density at radius 1 is 1.47 bits per heavy atom. The molecule has 0 bridgehead atoms. The van der Waals surface area contributed by atoms with E-state index in [2.05, 4.69) is 4.72 Å². The summed E-state index contributed by atoms with van der Waals surface area (Å²) in [6.07, 6.45) is 1.49. The van der Waals surface area contributed by atoms with Crippen LogP contribution in [-0.2, 0) is 16.6 Å². The molecule has 1 aliphatic carbocycles. The number of halogens is 2. The molecule has 0 heterocycles. The molecule has 1 aliphatic rings. The predicted octanol–water partition coefficient (Wildman–Crippen LogP) is 2.05. The molecule has 7 heteroatoms. The van der Waals surface area contributed by atoms with Gasteiger partial charge in [0.25, 0.3) is 0 Å². The summed E-state index contributed by atoms with van der Waals surface area (Å²) in [6.45, 7) is 1.42. The average molecular weight is 308 g/mol. The first-order valence-electron chi connectivity index (χ1n) is 5.94. The number of nitrogens with one attached hydrogen (secondary N) is 1.